The molecule has 0 aliphatic carbocycles. The SMILES string of the molecule is CCCOC(=O)c1ncn2c1Cn1c(COc3ccccc3)nnc1-c1cc(OC)ccc1-2. The maximum atomic E-state index is 12.7. The lowest BCUT2D eigenvalue weighted by atomic mass is 10.1. The van der Waals surface area contributed by atoms with Gasteiger partial charge in [-0.15, -0.1) is 10.2 Å². The fraction of sp³-hybridized carbons (Fsp3) is 0.250. The molecular formula is C24H23N5O4. The summed E-state index contributed by atoms with van der Waals surface area (Å²) in [5.41, 5.74) is 2.62. The summed E-state index contributed by atoms with van der Waals surface area (Å²) in [6.45, 7) is 2.85. The fourth-order valence-corrected chi connectivity index (χ4v) is 3.82. The highest BCUT2D eigenvalue weighted by Gasteiger charge is 2.29. The lowest BCUT2D eigenvalue weighted by molar-refractivity contribution is 0.0497. The Morgan fingerprint density at radius 1 is 1.09 bits per heavy atom. The van der Waals surface area contributed by atoms with Crippen LogP contribution in [0.25, 0.3) is 17.1 Å². The third-order valence-corrected chi connectivity index (χ3v) is 5.45. The van der Waals surface area contributed by atoms with E-state index in [0.717, 1.165) is 23.4 Å². The Balaban J connectivity index is 1.60. The Hall–Kier alpha value is -4.14. The van der Waals surface area contributed by atoms with Crippen molar-refractivity contribution in [2.75, 3.05) is 13.7 Å². The summed E-state index contributed by atoms with van der Waals surface area (Å²) in [6, 6.07) is 15.2. The maximum absolute atomic E-state index is 12.7. The number of hydrogen-bond donors (Lipinski definition) is 0. The van der Waals surface area contributed by atoms with Gasteiger partial charge in [-0.3, -0.25) is 4.57 Å². The van der Waals surface area contributed by atoms with Crippen LogP contribution in [0.1, 0.15) is 35.4 Å². The first-order valence-electron chi connectivity index (χ1n) is 10.7. The van der Waals surface area contributed by atoms with Gasteiger partial charge in [0.05, 0.1) is 31.6 Å². The van der Waals surface area contributed by atoms with Gasteiger partial charge in [-0.1, -0.05) is 25.1 Å². The smallest absolute Gasteiger partial charge is 0.358 e. The number of esters is 1. The molecule has 1 aliphatic rings. The molecular weight excluding hydrogens is 422 g/mol. The van der Waals surface area contributed by atoms with Crippen LogP contribution in [-0.2, 0) is 17.9 Å². The van der Waals surface area contributed by atoms with Crippen LogP contribution in [-0.4, -0.2) is 44.0 Å². The molecule has 4 aromatic rings. The summed E-state index contributed by atoms with van der Waals surface area (Å²) in [7, 11) is 1.62. The summed E-state index contributed by atoms with van der Waals surface area (Å²) in [5, 5.41) is 8.85. The van der Waals surface area contributed by atoms with Gasteiger partial charge in [-0.05, 0) is 36.8 Å². The number of nitrogens with zero attached hydrogens (tertiary/aromatic N) is 5. The van der Waals surface area contributed by atoms with Gasteiger partial charge >= 0.3 is 5.97 Å². The van der Waals surface area contributed by atoms with E-state index in [9.17, 15) is 4.79 Å². The molecule has 0 saturated carbocycles. The number of imidazole rings is 1. The zero-order valence-corrected chi connectivity index (χ0v) is 18.4. The van der Waals surface area contributed by atoms with E-state index in [-0.39, 0.29) is 12.3 Å². The van der Waals surface area contributed by atoms with Crippen molar-refractivity contribution >= 4 is 5.97 Å². The van der Waals surface area contributed by atoms with Gasteiger partial charge < -0.3 is 18.8 Å². The van der Waals surface area contributed by atoms with Gasteiger partial charge in [0.2, 0.25) is 0 Å². The molecule has 1 aliphatic heterocycles. The highest BCUT2D eigenvalue weighted by Crippen LogP contribution is 2.35. The van der Waals surface area contributed by atoms with E-state index < -0.39 is 5.97 Å². The molecule has 3 heterocycles. The quantitative estimate of drug-likeness (QED) is 0.353. The number of carbonyl (C=O) groups is 1. The zero-order valence-electron chi connectivity index (χ0n) is 18.4. The number of aromatic nitrogens is 5. The lowest BCUT2D eigenvalue weighted by Crippen LogP contribution is -2.14. The van der Waals surface area contributed by atoms with Crippen molar-refractivity contribution < 1.29 is 19.0 Å². The molecule has 5 rings (SSSR count). The Bertz CT molecular complexity index is 1300. The largest absolute Gasteiger partial charge is 0.497 e. The molecule has 168 valence electrons. The normalized spacial score (nSPS) is 11.7. The molecule has 0 saturated heterocycles. The van der Waals surface area contributed by atoms with Crippen molar-refractivity contribution in [3.8, 4) is 28.6 Å². The first-order chi connectivity index (χ1) is 16.2. The summed E-state index contributed by atoms with van der Waals surface area (Å²) < 4.78 is 20.6. The highest BCUT2D eigenvalue weighted by molar-refractivity contribution is 5.89. The first kappa shape index (κ1) is 20.7. The van der Waals surface area contributed by atoms with Crippen molar-refractivity contribution in [3.05, 3.63) is 72.1 Å². The Kier molecular flexibility index (Phi) is 5.52. The van der Waals surface area contributed by atoms with Gasteiger partial charge in [0.25, 0.3) is 0 Å². The number of methoxy groups -OCH3 is 1. The number of carbonyl (C=O) groups excluding carboxylic acids is 1. The molecule has 2 aromatic carbocycles. The Morgan fingerprint density at radius 2 is 1.94 bits per heavy atom. The highest BCUT2D eigenvalue weighted by atomic mass is 16.5. The first-order valence-corrected chi connectivity index (χ1v) is 10.7. The van der Waals surface area contributed by atoms with Gasteiger partial charge in [0.1, 0.15) is 24.4 Å². The van der Waals surface area contributed by atoms with Crippen LogP contribution >= 0.6 is 0 Å². The number of rotatable bonds is 7. The van der Waals surface area contributed by atoms with Crippen molar-refractivity contribution in [2.24, 2.45) is 0 Å². The standard InChI is InChI=1S/C24H23N5O4/c1-3-11-32-24(30)22-20-13-28-21(14-33-16-7-5-4-6-8-16)26-27-23(28)18-12-17(31-2)9-10-19(18)29(20)15-25-22/h4-10,12,15H,3,11,13-14H2,1-2H3. The van der Waals surface area contributed by atoms with E-state index in [1.807, 2.05) is 64.6 Å². The molecule has 2 aromatic heterocycles. The minimum absolute atomic E-state index is 0.222. The van der Waals surface area contributed by atoms with Crippen LogP contribution < -0.4 is 9.47 Å². The van der Waals surface area contributed by atoms with E-state index in [1.165, 1.54) is 0 Å². The van der Waals surface area contributed by atoms with E-state index in [2.05, 4.69) is 15.2 Å². The average Bonchev–Trinajstić information content (AvgIpc) is 3.43. The van der Waals surface area contributed by atoms with Crippen molar-refractivity contribution in [1.82, 2.24) is 24.3 Å². The summed E-state index contributed by atoms with van der Waals surface area (Å²) >= 11 is 0. The average molecular weight is 445 g/mol. The summed E-state index contributed by atoms with van der Waals surface area (Å²) in [6.07, 6.45) is 2.38. The number of benzene rings is 2. The fourth-order valence-electron chi connectivity index (χ4n) is 3.82. The Labute approximate surface area is 190 Å². The topological polar surface area (TPSA) is 93.3 Å². The van der Waals surface area contributed by atoms with Crippen molar-refractivity contribution in [3.63, 3.8) is 0 Å². The molecule has 0 N–H and O–H groups in total. The predicted octanol–water partition coefficient (Wildman–Crippen LogP) is 3.65. The molecule has 0 amide bonds. The number of hydrogen-bond acceptors (Lipinski definition) is 7. The molecule has 33 heavy (non-hydrogen) atoms. The van der Waals surface area contributed by atoms with E-state index in [4.69, 9.17) is 14.2 Å². The third-order valence-electron chi connectivity index (χ3n) is 5.45. The van der Waals surface area contributed by atoms with Gasteiger partial charge in [0.15, 0.2) is 17.3 Å². The third kappa shape index (κ3) is 3.82. The minimum Gasteiger partial charge on any atom is -0.497 e. The molecule has 0 radical (unpaired) electrons. The van der Waals surface area contributed by atoms with Gasteiger partial charge in [-0.25, -0.2) is 9.78 Å². The molecule has 0 spiro atoms. The van der Waals surface area contributed by atoms with E-state index in [1.54, 1.807) is 13.4 Å². The predicted molar refractivity (Wildman–Crippen MR) is 120 cm³/mol. The minimum atomic E-state index is -0.445. The molecule has 0 bridgehead atoms. The Morgan fingerprint density at radius 3 is 2.73 bits per heavy atom. The lowest BCUT2D eigenvalue weighted by Gasteiger charge is -2.10. The van der Waals surface area contributed by atoms with Crippen LogP contribution in [0.3, 0.4) is 0 Å². The second-order valence-electron chi connectivity index (χ2n) is 7.56. The summed E-state index contributed by atoms with van der Waals surface area (Å²) in [5.74, 6) is 2.27. The van der Waals surface area contributed by atoms with Crippen LogP contribution in [0.5, 0.6) is 11.5 Å². The van der Waals surface area contributed by atoms with Crippen LogP contribution in [0.4, 0.5) is 0 Å². The van der Waals surface area contributed by atoms with Crippen LogP contribution in [0, 0.1) is 0 Å². The second-order valence-corrected chi connectivity index (χ2v) is 7.56. The van der Waals surface area contributed by atoms with Crippen molar-refractivity contribution in [1.29, 1.82) is 0 Å². The van der Waals surface area contributed by atoms with E-state index in [0.29, 0.717) is 36.2 Å². The number of ether oxygens (including phenoxy) is 3. The number of para-hydroxylation sites is 1. The maximum Gasteiger partial charge on any atom is 0.358 e. The molecule has 0 atom stereocenters. The van der Waals surface area contributed by atoms with Crippen molar-refractivity contribution in [2.45, 2.75) is 26.5 Å². The van der Waals surface area contributed by atoms with Crippen LogP contribution in [0.2, 0.25) is 0 Å². The molecule has 9 nitrogen and oxygen atoms in total. The second kappa shape index (κ2) is 8.78. The van der Waals surface area contributed by atoms with E-state index >= 15 is 0 Å². The van der Waals surface area contributed by atoms with Crippen LogP contribution in [0.15, 0.2) is 54.9 Å². The van der Waals surface area contributed by atoms with Gasteiger partial charge in [0, 0.05) is 5.56 Å². The molecule has 9 heteroatoms. The molecule has 0 fully saturated rings. The molecule has 0 unspecified atom stereocenters. The summed E-state index contributed by atoms with van der Waals surface area (Å²) in [4.78, 5) is 17.1. The number of fused-ring (bicyclic) bond motifs is 5. The monoisotopic (exact) mass is 445 g/mol. The zero-order chi connectivity index (χ0) is 22.8. The van der Waals surface area contributed by atoms with Gasteiger partial charge in [-0.2, -0.15) is 0 Å².